The van der Waals surface area contributed by atoms with Gasteiger partial charge in [0.05, 0.1) is 11.3 Å². The summed E-state index contributed by atoms with van der Waals surface area (Å²) in [6, 6.07) is 10.8. The largest absolute Gasteiger partial charge is 0.337 e. The molecule has 1 fully saturated rings. The Labute approximate surface area is 171 Å². The SMILES string of the molecule is CC(C)c1ccc(-n2ccnc2S[C@H](C)C(=O)NC2(C#N)CCCCC2)cc1. The molecule has 1 aromatic heterocycles. The van der Waals surface area contributed by atoms with Gasteiger partial charge in [0.25, 0.3) is 0 Å². The quantitative estimate of drug-likeness (QED) is 0.711. The van der Waals surface area contributed by atoms with Gasteiger partial charge in [0.2, 0.25) is 5.91 Å². The fourth-order valence-corrected chi connectivity index (χ4v) is 4.45. The molecular weight excluding hydrogens is 368 g/mol. The number of carbonyl (C=O) groups is 1. The minimum absolute atomic E-state index is 0.0989. The van der Waals surface area contributed by atoms with Gasteiger partial charge in [0, 0.05) is 18.1 Å². The van der Waals surface area contributed by atoms with Gasteiger partial charge < -0.3 is 5.32 Å². The second kappa shape index (κ2) is 8.83. The minimum Gasteiger partial charge on any atom is -0.337 e. The number of hydrogen-bond donors (Lipinski definition) is 1. The Morgan fingerprint density at radius 3 is 2.50 bits per heavy atom. The molecule has 0 unspecified atom stereocenters. The van der Waals surface area contributed by atoms with Gasteiger partial charge >= 0.3 is 0 Å². The lowest BCUT2D eigenvalue weighted by Gasteiger charge is -2.32. The van der Waals surface area contributed by atoms with Crippen LogP contribution < -0.4 is 5.32 Å². The Morgan fingerprint density at radius 2 is 1.89 bits per heavy atom. The van der Waals surface area contributed by atoms with E-state index in [4.69, 9.17) is 0 Å². The number of rotatable bonds is 6. The second-order valence-corrected chi connectivity index (χ2v) is 9.14. The molecule has 1 saturated carbocycles. The summed E-state index contributed by atoms with van der Waals surface area (Å²) < 4.78 is 2.00. The highest BCUT2D eigenvalue weighted by Crippen LogP contribution is 2.30. The maximum absolute atomic E-state index is 12.7. The lowest BCUT2D eigenvalue weighted by Crippen LogP contribution is -2.50. The van der Waals surface area contributed by atoms with Crippen molar-refractivity contribution in [2.45, 2.75) is 74.7 Å². The minimum atomic E-state index is -0.702. The number of benzene rings is 1. The molecule has 0 bridgehead atoms. The highest BCUT2D eigenvalue weighted by atomic mass is 32.2. The van der Waals surface area contributed by atoms with Crippen LogP contribution in [0.15, 0.2) is 41.8 Å². The van der Waals surface area contributed by atoms with E-state index in [9.17, 15) is 10.1 Å². The van der Waals surface area contributed by atoms with Crippen LogP contribution in [0.1, 0.15) is 64.4 Å². The lowest BCUT2D eigenvalue weighted by molar-refractivity contribution is -0.121. The van der Waals surface area contributed by atoms with Gasteiger partial charge in [-0.3, -0.25) is 9.36 Å². The number of imidazole rings is 1. The fraction of sp³-hybridized carbons (Fsp3) is 0.500. The van der Waals surface area contributed by atoms with E-state index in [1.807, 2.05) is 17.7 Å². The standard InChI is InChI=1S/C22H28N4OS/c1-16(2)18-7-9-19(10-8-18)26-14-13-24-21(26)28-17(3)20(27)25-22(15-23)11-5-4-6-12-22/h7-10,13-14,16-17H,4-6,11-12H2,1-3H3,(H,25,27)/t17-/m1/s1. The zero-order valence-electron chi connectivity index (χ0n) is 16.8. The maximum atomic E-state index is 12.7. The van der Waals surface area contributed by atoms with Crippen molar-refractivity contribution in [3.05, 3.63) is 42.2 Å². The van der Waals surface area contributed by atoms with Crippen molar-refractivity contribution in [3.63, 3.8) is 0 Å². The van der Waals surface area contributed by atoms with Crippen LogP contribution in [0, 0.1) is 11.3 Å². The fourth-order valence-electron chi connectivity index (χ4n) is 3.56. The number of amides is 1. The summed E-state index contributed by atoms with van der Waals surface area (Å²) >= 11 is 1.42. The summed E-state index contributed by atoms with van der Waals surface area (Å²) in [4.78, 5) is 17.2. The molecule has 1 aromatic carbocycles. The topological polar surface area (TPSA) is 70.7 Å². The van der Waals surface area contributed by atoms with E-state index < -0.39 is 5.54 Å². The predicted octanol–water partition coefficient (Wildman–Crippen LogP) is 4.82. The Morgan fingerprint density at radius 1 is 1.21 bits per heavy atom. The van der Waals surface area contributed by atoms with Crippen molar-refractivity contribution in [1.82, 2.24) is 14.9 Å². The molecule has 0 radical (unpaired) electrons. The van der Waals surface area contributed by atoms with Crippen molar-refractivity contribution in [3.8, 4) is 11.8 Å². The van der Waals surface area contributed by atoms with E-state index >= 15 is 0 Å². The first-order valence-electron chi connectivity index (χ1n) is 9.98. The van der Waals surface area contributed by atoms with Gasteiger partial charge in [0.15, 0.2) is 5.16 Å². The average Bonchev–Trinajstić information content (AvgIpc) is 3.16. The Balaban J connectivity index is 1.69. The summed E-state index contributed by atoms with van der Waals surface area (Å²) in [6.07, 6.45) is 8.26. The molecule has 0 aliphatic heterocycles. The van der Waals surface area contributed by atoms with Crippen LogP contribution in [0.25, 0.3) is 5.69 Å². The first-order valence-corrected chi connectivity index (χ1v) is 10.9. The molecule has 148 valence electrons. The third kappa shape index (κ3) is 4.59. The third-order valence-corrected chi connectivity index (χ3v) is 6.46. The Hall–Kier alpha value is -2.26. The Bertz CT molecular complexity index is 844. The molecule has 1 heterocycles. The lowest BCUT2D eigenvalue weighted by atomic mass is 9.83. The molecule has 1 aliphatic rings. The van der Waals surface area contributed by atoms with Crippen molar-refractivity contribution in [1.29, 1.82) is 5.26 Å². The molecule has 5 nitrogen and oxygen atoms in total. The van der Waals surface area contributed by atoms with Crippen LogP contribution in [-0.2, 0) is 4.79 Å². The van der Waals surface area contributed by atoms with E-state index in [1.165, 1.54) is 17.3 Å². The molecule has 1 aliphatic carbocycles. The summed E-state index contributed by atoms with van der Waals surface area (Å²) in [5, 5.41) is 13.1. The van der Waals surface area contributed by atoms with Gasteiger partial charge in [-0.05, 0) is 43.4 Å². The van der Waals surface area contributed by atoms with Gasteiger partial charge in [-0.25, -0.2) is 4.98 Å². The summed E-state index contributed by atoms with van der Waals surface area (Å²) in [5.41, 5.74) is 1.62. The number of thioether (sulfide) groups is 1. The van der Waals surface area contributed by atoms with Crippen molar-refractivity contribution in [2.75, 3.05) is 0 Å². The third-order valence-electron chi connectivity index (χ3n) is 5.38. The van der Waals surface area contributed by atoms with E-state index in [-0.39, 0.29) is 11.2 Å². The molecule has 2 aromatic rings. The van der Waals surface area contributed by atoms with Crippen LogP contribution in [0.4, 0.5) is 0 Å². The molecule has 28 heavy (non-hydrogen) atoms. The predicted molar refractivity (Wildman–Crippen MR) is 113 cm³/mol. The van der Waals surface area contributed by atoms with Crippen LogP contribution in [0.2, 0.25) is 0 Å². The van der Waals surface area contributed by atoms with E-state index in [2.05, 4.69) is 54.5 Å². The van der Waals surface area contributed by atoms with Gasteiger partial charge in [-0.15, -0.1) is 0 Å². The number of carbonyl (C=O) groups excluding carboxylic acids is 1. The van der Waals surface area contributed by atoms with Crippen LogP contribution in [-0.4, -0.2) is 26.2 Å². The zero-order valence-corrected chi connectivity index (χ0v) is 17.6. The molecular formula is C22H28N4OS. The summed E-state index contributed by atoms with van der Waals surface area (Å²) in [7, 11) is 0. The first kappa shape index (κ1) is 20.5. The van der Waals surface area contributed by atoms with E-state index in [1.54, 1.807) is 6.20 Å². The Kier molecular flexibility index (Phi) is 6.46. The van der Waals surface area contributed by atoms with E-state index in [0.29, 0.717) is 5.92 Å². The maximum Gasteiger partial charge on any atom is 0.234 e. The molecule has 6 heteroatoms. The highest BCUT2D eigenvalue weighted by molar-refractivity contribution is 8.00. The van der Waals surface area contributed by atoms with Crippen molar-refractivity contribution < 1.29 is 4.79 Å². The number of aromatic nitrogens is 2. The van der Waals surface area contributed by atoms with Gasteiger partial charge in [-0.1, -0.05) is 57.0 Å². The van der Waals surface area contributed by atoms with Gasteiger partial charge in [0.1, 0.15) is 5.54 Å². The van der Waals surface area contributed by atoms with Crippen molar-refractivity contribution in [2.24, 2.45) is 0 Å². The zero-order chi connectivity index (χ0) is 20.1. The number of hydrogen-bond acceptors (Lipinski definition) is 4. The molecule has 1 amide bonds. The second-order valence-electron chi connectivity index (χ2n) is 7.83. The van der Waals surface area contributed by atoms with Crippen LogP contribution in [0.3, 0.4) is 0 Å². The monoisotopic (exact) mass is 396 g/mol. The number of nitriles is 1. The molecule has 3 rings (SSSR count). The van der Waals surface area contributed by atoms with Crippen LogP contribution >= 0.6 is 11.8 Å². The number of nitrogens with zero attached hydrogens (tertiary/aromatic N) is 3. The molecule has 1 atom stereocenters. The summed E-state index contributed by atoms with van der Waals surface area (Å²) in [5.74, 6) is 0.389. The van der Waals surface area contributed by atoms with Crippen molar-refractivity contribution >= 4 is 17.7 Å². The molecule has 0 spiro atoms. The molecule has 1 N–H and O–H groups in total. The normalized spacial score (nSPS) is 17.1. The number of nitrogens with one attached hydrogen (secondary N) is 1. The van der Waals surface area contributed by atoms with E-state index in [0.717, 1.165) is 42.9 Å². The summed E-state index contributed by atoms with van der Waals surface area (Å²) in [6.45, 7) is 6.22. The molecule has 0 saturated heterocycles. The van der Waals surface area contributed by atoms with Crippen LogP contribution in [0.5, 0.6) is 0 Å². The highest BCUT2D eigenvalue weighted by Gasteiger charge is 2.35. The average molecular weight is 397 g/mol. The smallest absolute Gasteiger partial charge is 0.234 e. The van der Waals surface area contributed by atoms with Gasteiger partial charge in [-0.2, -0.15) is 5.26 Å². The first-order chi connectivity index (χ1) is 13.4.